The molecule has 2 aromatic carbocycles. The van der Waals surface area contributed by atoms with Crippen LogP contribution < -0.4 is 11.2 Å². The summed E-state index contributed by atoms with van der Waals surface area (Å²) in [6.45, 7) is 2.47. The summed E-state index contributed by atoms with van der Waals surface area (Å²) in [4.78, 5) is 39.6. The van der Waals surface area contributed by atoms with Crippen molar-refractivity contribution in [3.63, 3.8) is 0 Å². The van der Waals surface area contributed by atoms with Gasteiger partial charge in [-0.2, -0.15) is 0 Å². The fourth-order valence-corrected chi connectivity index (χ4v) is 4.26. The quantitative estimate of drug-likeness (QED) is 0.467. The highest BCUT2D eigenvalue weighted by atomic mass is 32.2. The minimum Gasteiger partial charge on any atom is -0.333 e. The summed E-state index contributed by atoms with van der Waals surface area (Å²) < 4.78 is 3.18. The van der Waals surface area contributed by atoms with E-state index in [1.54, 1.807) is 7.05 Å². The number of nitrogens with one attached hydrogen (secondary N) is 2. The van der Waals surface area contributed by atoms with Gasteiger partial charge in [0.1, 0.15) is 0 Å². The topological polar surface area (TPSA) is 101 Å². The smallest absolute Gasteiger partial charge is 0.329 e. The summed E-state index contributed by atoms with van der Waals surface area (Å²) in [5.41, 5.74) is 3.71. The van der Waals surface area contributed by atoms with Crippen LogP contribution in [0.5, 0.6) is 0 Å². The molecule has 0 fully saturated rings. The van der Waals surface area contributed by atoms with Crippen LogP contribution in [0, 0.1) is 6.92 Å². The third kappa shape index (κ3) is 3.13. The first-order valence-electron chi connectivity index (χ1n) is 9.37. The second kappa shape index (κ2) is 7.03. The van der Waals surface area contributed by atoms with Crippen molar-refractivity contribution in [3.05, 3.63) is 80.5 Å². The van der Waals surface area contributed by atoms with Gasteiger partial charge in [-0.25, -0.2) is 14.8 Å². The molecule has 0 aliphatic heterocycles. The van der Waals surface area contributed by atoms with Crippen molar-refractivity contribution in [2.24, 2.45) is 7.05 Å². The molecule has 8 nitrogen and oxygen atoms in total. The van der Waals surface area contributed by atoms with Crippen LogP contribution in [-0.2, 0) is 13.6 Å². The molecule has 0 amide bonds. The Labute approximate surface area is 174 Å². The molecule has 5 aromatic rings. The molecular formula is C21H18N6O2S. The lowest BCUT2D eigenvalue weighted by Gasteiger charge is -2.08. The van der Waals surface area contributed by atoms with E-state index in [1.807, 2.05) is 60.0 Å². The number of aromatic amines is 2. The van der Waals surface area contributed by atoms with Crippen LogP contribution in [-0.4, -0.2) is 29.1 Å². The molecule has 30 heavy (non-hydrogen) atoms. The Morgan fingerprint density at radius 2 is 1.77 bits per heavy atom. The minimum absolute atomic E-state index is 0.342. The number of aryl methyl sites for hydroxylation is 2. The molecule has 0 unspecified atom stereocenters. The van der Waals surface area contributed by atoms with Gasteiger partial charge in [-0.1, -0.05) is 42.0 Å². The first-order valence-corrected chi connectivity index (χ1v) is 10.2. The number of benzene rings is 2. The fraction of sp³-hybridized carbons (Fsp3) is 0.143. The summed E-state index contributed by atoms with van der Waals surface area (Å²) in [7, 11) is 1.60. The highest BCUT2D eigenvalue weighted by Gasteiger charge is 2.19. The largest absolute Gasteiger partial charge is 0.333 e. The molecule has 3 aromatic heterocycles. The lowest BCUT2D eigenvalue weighted by atomic mass is 10.1. The number of hydrogen-bond acceptors (Lipinski definition) is 5. The SMILES string of the molecule is Cc1ccc(Cn2c(Sc3nc4ccccc4[nH]3)nc3c2c(=O)[nH]c(=O)n3C)cc1. The van der Waals surface area contributed by atoms with Gasteiger partial charge in [0.05, 0.1) is 17.6 Å². The van der Waals surface area contributed by atoms with E-state index in [0.717, 1.165) is 22.2 Å². The molecule has 0 saturated heterocycles. The number of rotatable bonds is 4. The zero-order chi connectivity index (χ0) is 20.8. The van der Waals surface area contributed by atoms with Crippen molar-refractivity contribution in [1.82, 2.24) is 29.1 Å². The van der Waals surface area contributed by atoms with E-state index in [1.165, 1.54) is 16.3 Å². The average molecular weight is 418 g/mol. The van der Waals surface area contributed by atoms with Crippen LogP contribution in [0.1, 0.15) is 11.1 Å². The monoisotopic (exact) mass is 418 g/mol. The van der Waals surface area contributed by atoms with Gasteiger partial charge in [0, 0.05) is 7.05 Å². The van der Waals surface area contributed by atoms with Gasteiger partial charge < -0.3 is 9.55 Å². The highest BCUT2D eigenvalue weighted by molar-refractivity contribution is 7.99. The summed E-state index contributed by atoms with van der Waals surface area (Å²) in [6.07, 6.45) is 0. The van der Waals surface area contributed by atoms with Gasteiger partial charge in [0.15, 0.2) is 21.5 Å². The normalized spacial score (nSPS) is 11.5. The molecule has 0 atom stereocenters. The minimum atomic E-state index is -0.493. The van der Waals surface area contributed by atoms with Gasteiger partial charge >= 0.3 is 5.69 Å². The lowest BCUT2D eigenvalue weighted by Crippen LogP contribution is -2.29. The number of para-hydroxylation sites is 2. The fourth-order valence-electron chi connectivity index (χ4n) is 3.38. The third-order valence-electron chi connectivity index (χ3n) is 4.99. The number of fused-ring (bicyclic) bond motifs is 2. The second-order valence-corrected chi connectivity index (χ2v) is 8.07. The van der Waals surface area contributed by atoms with Crippen molar-refractivity contribution in [3.8, 4) is 0 Å². The van der Waals surface area contributed by atoms with E-state index in [0.29, 0.717) is 28.0 Å². The molecule has 5 rings (SSSR count). The molecule has 3 heterocycles. The van der Waals surface area contributed by atoms with Gasteiger partial charge in [-0.15, -0.1) is 0 Å². The molecule has 150 valence electrons. The molecule has 0 saturated carbocycles. The van der Waals surface area contributed by atoms with Crippen molar-refractivity contribution in [2.45, 2.75) is 23.8 Å². The predicted molar refractivity (Wildman–Crippen MR) is 116 cm³/mol. The lowest BCUT2D eigenvalue weighted by molar-refractivity contribution is 0.726. The van der Waals surface area contributed by atoms with Crippen molar-refractivity contribution in [1.29, 1.82) is 0 Å². The number of hydrogen-bond donors (Lipinski definition) is 2. The number of aromatic nitrogens is 6. The van der Waals surface area contributed by atoms with E-state index in [9.17, 15) is 9.59 Å². The predicted octanol–water partition coefficient (Wildman–Crippen LogP) is 2.81. The van der Waals surface area contributed by atoms with Crippen LogP contribution in [0.2, 0.25) is 0 Å². The van der Waals surface area contributed by atoms with Crippen LogP contribution >= 0.6 is 11.8 Å². The van der Waals surface area contributed by atoms with Crippen molar-refractivity contribution >= 4 is 34.0 Å². The maximum absolute atomic E-state index is 12.7. The van der Waals surface area contributed by atoms with Crippen LogP contribution in [0.15, 0.2) is 68.4 Å². The first-order chi connectivity index (χ1) is 14.5. The number of imidazole rings is 2. The zero-order valence-electron chi connectivity index (χ0n) is 16.3. The van der Waals surface area contributed by atoms with E-state index >= 15 is 0 Å². The summed E-state index contributed by atoms with van der Waals surface area (Å²) in [5, 5.41) is 1.24. The Hall–Kier alpha value is -3.59. The van der Waals surface area contributed by atoms with Crippen molar-refractivity contribution < 1.29 is 0 Å². The van der Waals surface area contributed by atoms with Gasteiger partial charge in [0.2, 0.25) is 0 Å². The van der Waals surface area contributed by atoms with Gasteiger partial charge in [0.25, 0.3) is 5.56 Å². The Morgan fingerprint density at radius 3 is 2.53 bits per heavy atom. The molecule has 0 aliphatic carbocycles. The maximum atomic E-state index is 12.7. The summed E-state index contributed by atoms with van der Waals surface area (Å²) in [5.74, 6) is 0. The van der Waals surface area contributed by atoms with Crippen LogP contribution in [0.4, 0.5) is 0 Å². The van der Waals surface area contributed by atoms with E-state index in [2.05, 4.69) is 19.9 Å². The molecule has 0 spiro atoms. The van der Waals surface area contributed by atoms with Crippen molar-refractivity contribution in [2.75, 3.05) is 0 Å². The van der Waals surface area contributed by atoms with E-state index in [-0.39, 0.29) is 0 Å². The standard InChI is InChI=1S/C21H18N6O2S/c1-12-7-9-13(10-8-12)11-27-16-17(26(2)20(29)25-18(16)28)24-21(27)30-19-22-14-5-3-4-6-15(14)23-19/h3-10H,11H2,1-2H3,(H,22,23)(H,25,28,29). The summed E-state index contributed by atoms with van der Waals surface area (Å²) in [6, 6.07) is 15.9. The average Bonchev–Trinajstić information content (AvgIpc) is 3.29. The Balaban J connectivity index is 1.68. The Bertz CT molecular complexity index is 1470. The van der Waals surface area contributed by atoms with Crippen LogP contribution in [0.25, 0.3) is 22.2 Å². The molecule has 0 bridgehead atoms. The van der Waals surface area contributed by atoms with Gasteiger partial charge in [-0.05, 0) is 36.4 Å². The summed E-state index contributed by atoms with van der Waals surface area (Å²) >= 11 is 1.33. The molecule has 0 aliphatic rings. The molecule has 2 N–H and O–H groups in total. The van der Waals surface area contributed by atoms with E-state index < -0.39 is 11.2 Å². The maximum Gasteiger partial charge on any atom is 0.329 e. The number of nitrogens with zero attached hydrogens (tertiary/aromatic N) is 4. The molecule has 9 heteroatoms. The van der Waals surface area contributed by atoms with Gasteiger partial charge in [-0.3, -0.25) is 14.3 Å². The molecular weight excluding hydrogens is 400 g/mol. The highest BCUT2D eigenvalue weighted by Crippen LogP contribution is 2.29. The first kappa shape index (κ1) is 18.4. The van der Waals surface area contributed by atoms with Crippen LogP contribution in [0.3, 0.4) is 0 Å². The molecule has 0 radical (unpaired) electrons. The zero-order valence-corrected chi connectivity index (χ0v) is 17.2. The number of H-pyrrole nitrogens is 2. The van der Waals surface area contributed by atoms with E-state index in [4.69, 9.17) is 0 Å². The third-order valence-corrected chi connectivity index (χ3v) is 5.87. The Kier molecular flexibility index (Phi) is 4.32. The second-order valence-electron chi connectivity index (χ2n) is 7.12. The Morgan fingerprint density at radius 1 is 1.00 bits per heavy atom.